The van der Waals surface area contributed by atoms with Gasteiger partial charge in [0.15, 0.2) is 0 Å². The number of hydroxylamine groups is 1. The fourth-order valence-electron chi connectivity index (χ4n) is 2.41. The Balaban J connectivity index is 1.63. The lowest BCUT2D eigenvalue weighted by Crippen LogP contribution is -2.50. The normalized spacial score (nSPS) is 19.8. The van der Waals surface area contributed by atoms with Crippen molar-refractivity contribution in [3.8, 4) is 0 Å². The monoisotopic (exact) mass is 324 g/mol. The van der Waals surface area contributed by atoms with Crippen molar-refractivity contribution in [1.29, 1.82) is 0 Å². The van der Waals surface area contributed by atoms with E-state index in [2.05, 4.69) is 5.32 Å². The molecule has 1 aliphatic heterocycles. The smallest absolute Gasteiger partial charge is 0.409 e. The van der Waals surface area contributed by atoms with E-state index < -0.39 is 12.3 Å². The first-order valence-corrected chi connectivity index (χ1v) is 7.89. The number of carbonyl (C=O) groups excluding carboxylic acids is 1. The maximum atomic E-state index is 12.1. The van der Waals surface area contributed by atoms with Crippen LogP contribution < -0.4 is 10.4 Å². The summed E-state index contributed by atoms with van der Waals surface area (Å²) in [7, 11) is 0. The molecule has 5 heteroatoms. The van der Waals surface area contributed by atoms with Crippen molar-refractivity contribution >= 4 is 11.8 Å². The average molecular weight is 324 g/mol. The Morgan fingerprint density at radius 3 is 2.46 bits per heavy atom. The van der Waals surface area contributed by atoms with Gasteiger partial charge in [-0.1, -0.05) is 54.6 Å². The molecule has 2 aromatic carbocycles. The summed E-state index contributed by atoms with van der Waals surface area (Å²) >= 11 is 0. The molecule has 0 unspecified atom stereocenters. The van der Waals surface area contributed by atoms with E-state index >= 15 is 0 Å². The minimum absolute atomic E-state index is 0.0661. The van der Waals surface area contributed by atoms with Crippen LogP contribution in [0.3, 0.4) is 0 Å². The first-order chi connectivity index (χ1) is 11.7. The van der Waals surface area contributed by atoms with E-state index in [4.69, 9.17) is 9.57 Å². The summed E-state index contributed by atoms with van der Waals surface area (Å²) in [5, 5.41) is 4.49. The summed E-state index contributed by atoms with van der Waals surface area (Å²) in [5.41, 5.74) is 1.80. The molecule has 1 aliphatic rings. The van der Waals surface area contributed by atoms with Crippen LogP contribution in [0.1, 0.15) is 12.5 Å². The third-order valence-electron chi connectivity index (χ3n) is 3.59. The molecular formula is C19H20N2O3. The Morgan fingerprint density at radius 2 is 1.75 bits per heavy atom. The zero-order valence-electron chi connectivity index (χ0n) is 13.5. The molecule has 5 nitrogen and oxygen atoms in total. The van der Waals surface area contributed by atoms with Crippen LogP contribution in [0.4, 0.5) is 10.5 Å². The molecule has 0 radical (unpaired) electrons. The number of amides is 1. The van der Waals surface area contributed by atoms with Gasteiger partial charge in [-0.2, -0.15) is 0 Å². The number of rotatable bonds is 4. The number of hydrogen-bond acceptors (Lipinski definition) is 4. The van der Waals surface area contributed by atoms with Gasteiger partial charge in [-0.15, -0.1) is 0 Å². The second-order valence-electron chi connectivity index (χ2n) is 5.51. The Kier molecular flexibility index (Phi) is 5.13. The largest absolute Gasteiger partial charge is 0.445 e. The summed E-state index contributed by atoms with van der Waals surface area (Å²) in [5.74, 6) is 0. The van der Waals surface area contributed by atoms with Crippen LogP contribution in [0, 0.1) is 0 Å². The van der Waals surface area contributed by atoms with E-state index in [1.165, 1.54) is 0 Å². The molecule has 0 aliphatic carbocycles. The molecule has 1 amide bonds. The molecule has 2 aromatic rings. The minimum atomic E-state index is -0.493. The standard InChI is InChI=1S/C19H20N2O3/c1-15-12-13-18(21(24-15)17-10-6-3-7-11-17)20-19(22)23-14-16-8-4-2-5-9-16/h2-13,15,18H,14H2,1H3,(H,20,22)/t15-,18-/m0/s1. The van der Waals surface area contributed by atoms with Gasteiger partial charge >= 0.3 is 6.09 Å². The molecule has 2 atom stereocenters. The predicted molar refractivity (Wildman–Crippen MR) is 92.2 cm³/mol. The molecule has 0 saturated carbocycles. The number of carbonyl (C=O) groups is 1. The van der Waals surface area contributed by atoms with E-state index in [-0.39, 0.29) is 12.7 Å². The number of benzene rings is 2. The van der Waals surface area contributed by atoms with Crippen LogP contribution in [-0.2, 0) is 16.2 Å². The number of hydrogen-bond donors (Lipinski definition) is 1. The van der Waals surface area contributed by atoms with E-state index in [1.54, 1.807) is 5.06 Å². The highest BCUT2D eigenvalue weighted by atomic mass is 16.7. The first kappa shape index (κ1) is 16.1. The van der Waals surface area contributed by atoms with Gasteiger partial charge in [0.05, 0.1) is 5.69 Å². The lowest BCUT2D eigenvalue weighted by Gasteiger charge is -2.35. The van der Waals surface area contributed by atoms with Crippen molar-refractivity contribution in [1.82, 2.24) is 5.32 Å². The van der Waals surface area contributed by atoms with Crippen LogP contribution in [0.25, 0.3) is 0 Å². The first-order valence-electron chi connectivity index (χ1n) is 7.89. The molecule has 0 bridgehead atoms. The third kappa shape index (κ3) is 4.14. The molecule has 1 heterocycles. The molecule has 0 fully saturated rings. The minimum Gasteiger partial charge on any atom is -0.445 e. The number of anilines is 1. The molecule has 3 rings (SSSR count). The van der Waals surface area contributed by atoms with Crippen molar-refractivity contribution in [3.05, 3.63) is 78.4 Å². The summed E-state index contributed by atoms with van der Waals surface area (Å²) in [4.78, 5) is 17.9. The molecule has 0 saturated heterocycles. The van der Waals surface area contributed by atoms with E-state index in [1.807, 2.05) is 79.7 Å². The van der Waals surface area contributed by atoms with Crippen molar-refractivity contribution < 1.29 is 14.4 Å². The van der Waals surface area contributed by atoms with Gasteiger partial charge < -0.3 is 4.74 Å². The van der Waals surface area contributed by atoms with Gasteiger partial charge in [-0.3, -0.25) is 10.2 Å². The zero-order valence-corrected chi connectivity index (χ0v) is 13.5. The number of para-hydroxylation sites is 1. The summed E-state index contributed by atoms with van der Waals surface area (Å²) in [6.07, 6.45) is 2.81. The summed E-state index contributed by atoms with van der Waals surface area (Å²) in [6.45, 7) is 2.17. The van der Waals surface area contributed by atoms with Crippen molar-refractivity contribution in [2.75, 3.05) is 5.06 Å². The Labute approximate surface area is 141 Å². The van der Waals surface area contributed by atoms with E-state index in [9.17, 15) is 4.79 Å². The lowest BCUT2D eigenvalue weighted by atomic mass is 10.2. The Morgan fingerprint density at radius 1 is 1.08 bits per heavy atom. The molecule has 124 valence electrons. The van der Waals surface area contributed by atoms with Crippen LogP contribution in [0.15, 0.2) is 72.8 Å². The summed E-state index contributed by atoms with van der Waals surface area (Å²) < 4.78 is 5.28. The molecule has 0 spiro atoms. The van der Waals surface area contributed by atoms with Crippen LogP contribution >= 0.6 is 0 Å². The number of nitrogens with zero attached hydrogens (tertiary/aromatic N) is 1. The molecule has 1 N–H and O–H groups in total. The Hall–Kier alpha value is -2.79. The maximum Gasteiger partial charge on any atom is 0.409 e. The fourth-order valence-corrected chi connectivity index (χ4v) is 2.41. The van der Waals surface area contributed by atoms with E-state index in [0.717, 1.165) is 11.3 Å². The highest BCUT2D eigenvalue weighted by Gasteiger charge is 2.25. The van der Waals surface area contributed by atoms with E-state index in [0.29, 0.717) is 0 Å². The van der Waals surface area contributed by atoms with Gasteiger partial charge in [-0.25, -0.2) is 9.86 Å². The highest BCUT2D eigenvalue weighted by molar-refractivity contribution is 5.68. The quantitative estimate of drug-likeness (QED) is 0.873. The van der Waals surface area contributed by atoms with Crippen LogP contribution in [0.2, 0.25) is 0 Å². The van der Waals surface area contributed by atoms with Gasteiger partial charge in [0, 0.05) is 0 Å². The average Bonchev–Trinajstić information content (AvgIpc) is 2.63. The second-order valence-corrected chi connectivity index (χ2v) is 5.51. The van der Waals surface area contributed by atoms with Crippen LogP contribution in [-0.4, -0.2) is 18.4 Å². The van der Waals surface area contributed by atoms with Crippen molar-refractivity contribution in [2.24, 2.45) is 0 Å². The second kappa shape index (κ2) is 7.66. The zero-order chi connectivity index (χ0) is 16.8. The van der Waals surface area contributed by atoms with Crippen molar-refractivity contribution in [3.63, 3.8) is 0 Å². The fraction of sp³-hybridized carbons (Fsp3) is 0.211. The van der Waals surface area contributed by atoms with Crippen molar-refractivity contribution in [2.45, 2.75) is 25.8 Å². The maximum absolute atomic E-state index is 12.1. The SMILES string of the molecule is C[C@H]1C=C[C@@H](NC(=O)OCc2ccccc2)N(c2ccccc2)O1. The Bertz CT molecular complexity index is 688. The number of alkyl carbamates (subject to hydrolysis) is 1. The lowest BCUT2D eigenvalue weighted by molar-refractivity contribution is 0.0430. The topological polar surface area (TPSA) is 50.8 Å². The molecule has 0 aromatic heterocycles. The number of ether oxygens (including phenoxy) is 1. The highest BCUT2D eigenvalue weighted by Crippen LogP contribution is 2.21. The molecular weight excluding hydrogens is 304 g/mol. The van der Waals surface area contributed by atoms with Gasteiger partial charge in [0.2, 0.25) is 0 Å². The number of nitrogens with one attached hydrogen (secondary N) is 1. The van der Waals surface area contributed by atoms with Gasteiger partial charge in [0.25, 0.3) is 0 Å². The van der Waals surface area contributed by atoms with Gasteiger partial charge in [0.1, 0.15) is 18.9 Å². The predicted octanol–water partition coefficient (Wildman–Crippen LogP) is 3.64. The molecule has 24 heavy (non-hydrogen) atoms. The van der Waals surface area contributed by atoms with Gasteiger partial charge in [-0.05, 0) is 30.7 Å². The summed E-state index contributed by atoms with van der Waals surface area (Å²) in [6, 6.07) is 19.2. The van der Waals surface area contributed by atoms with Crippen LogP contribution in [0.5, 0.6) is 0 Å². The third-order valence-corrected chi connectivity index (χ3v) is 3.59.